The molecule has 1 fully saturated rings. The summed E-state index contributed by atoms with van der Waals surface area (Å²) >= 11 is 12.6. The van der Waals surface area contributed by atoms with Crippen molar-refractivity contribution in [3.8, 4) is 5.75 Å². The van der Waals surface area contributed by atoms with E-state index in [9.17, 15) is 14.7 Å². The summed E-state index contributed by atoms with van der Waals surface area (Å²) in [4.78, 5) is 32.2. The van der Waals surface area contributed by atoms with Crippen LogP contribution < -0.4 is 9.64 Å². The molecule has 2 heterocycles. The van der Waals surface area contributed by atoms with E-state index in [0.29, 0.717) is 16.4 Å². The molecule has 0 aliphatic carbocycles. The van der Waals surface area contributed by atoms with Gasteiger partial charge >= 0.3 is 0 Å². The summed E-state index contributed by atoms with van der Waals surface area (Å²) in [5.74, 6) is -1.85. The van der Waals surface area contributed by atoms with Gasteiger partial charge in [-0.2, -0.15) is 0 Å². The summed E-state index contributed by atoms with van der Waals surface area (Å²) in [5.41, 5.74) is 2.49. The number of aromatic nitrogens is 1. The molecule has 0 radical (unpaired) electrons. The molecule has 1 saturated heterocycles. The van der Waals surface area contributed by atoms with Crippen molar-refractivity contribution in [2.24, 2.45) is 0 Å². The Bertz CT molecular complexity index is 1310. The standard InChI is InChI=1S/C25H20Cl2N2O4/c1-13-10-16(24(33-3)18(27)11-13)22(30)20-21(19-6-4-5-9-28-19)29(25(32)23(20)31)15-8-7-14(2)17(26)12-15/h4-12,21,30H,1-3H3/b22-20+. The Morgan fingerprint density at radius 1 is 1.06 bits per heavy atom. The van der Waals surface area contributed by atoms with E-state index in [4.69, 9.17) is 27.9 Å². The topological polar surface area (TPSA) is 79.7 Å². The lowest BCUT2D eigenvalue weighted by Crippen LogP contribution is -2.29. The second kappa shape index (κ2) is 8.89. The van der Waals surface area contributed by atoms with Crippen molar-refractivity contribution < 1.29 is 19.4 Å². The smallest absolute Gasteiger partial charge is 0.300 e. The molecule has 0 saturated carbocycles. The largest absolute Gasteiger partial charge is 0.507 e. The third-order valence-corrected chi connectivity index (χ3v) is 6.18. The molecule has 0 bridgehead atoms. The number of pyridine rings is 1. The molecule has 6 nitrogen and oxygen atoms in total. The minimum Gasteiger partial charge on any atom is -0.507 e. The quantitative estimate of drug-likeness (QED) is 0.295. The molecule has 1 unspecified atom stereocenters. The number of aliphatic hydroxyl groups excluding tert-OH is 1. The number of hydrogen-bond donors (Lipinski definition) is 1. The maximum Gasteiger partial charge on any atom is 0.300 e. The van der Waals surface area contributed by atoms with E-state index in [1.54, 1.807) is 61.7 Å². The normalized spacial score (nSPS) is 17.5. The molecule has 1 amide bonds. The molecule has 1 aliphatic heterocycles. The average molecular weight is 483 g/mol. The number of amides is 1. The van der Waals surface area contributed by atoms with Crippen molar-refractivity contribution in [2.45, 2.75) is 19.9 Å². The van der Waals surface area contributed by atoms with Gasteiger partial charge in [0, 0.05) is 16.9 Å². The number of Topliss-reactive ketones (excluding diaryl/α,β-unsaturated/α-hetero) is 1. The van der Waals surface area contributed by atoms with Crippen LogP contribution in [0.15, 0.2) is 60.3 Å². The fraction of sp³-hybridized carbons (Fsp3) is 0.160. The molecule has 1 N–H and O–H groups in total. The van der Waals surface area contributed by atoms with E-state index in [-0.39, 0.29) is 21.9 Å². The van der Waals surface area contributed by atoms with Gasteiger partial charge in [-0.25, -0.2) is 0 Å². The van der Waals surface area contributed by atoms with Crippen molar-refractivity contribution in [3.05, 3.63) is 92.7 Å². The number of rotatable bonds is 4. The van der Waals surface area contributed by atoms with Crippen molar-refractivity contribution in [2.75, 3.05) is 12.0 Å². The van der Waals surface area contributed by atoms with Gasteiger partial charge in [-0.1, -0.05) is 35.3 Å². The van der Waals surface area contributed by atoms with Crippen LogP contribution in [0.2, 0.25) is 10.0 Å². The zero-order valence-electron chi connectivity index (χ0n) is 18.1. The second-order valence-corrected chi connectivity index (χ2v) is 8.50. The van der Waals surface area contributed by atoms with Crippen LogP contribution in [0, 0.1) is 13.8 Å². The predicted molar refractivity (Wildman–Crippen MR) is 128 cm³/mol. The molecule has 33 heavy (non-hydrogen) atoms. The van der Waals surface area contributed by atoms with Gasteiger partial charge in [-0.3, -0.25) is 19.5 Å². The number of methoxy groups -OCH3 is 1. The van der Waals surface area contributed by atoms with Crippen LogP contribution in [0.5, 0.6) is 5.75 Å². The average Bonchev–Trinajstić information content (AvgIpc) is 3.06. The van der Waals surface area contributed by atoms with E-state index in [1.807, 2.05) is 6.92 Å². The van der Waals surface area contributed by atoms with E-state index < -0.39 is 23.5 Å². The lowest BCUT2D eigenvalue weighted by atomic mass is 9.97. The number of ether oxygens (including phenoxy) is 1. The molecular weight excluding hydrogens is 463 g/mol. The fourth-order valence-electron chi connectivity index (χ4n) is 3.91. The lowest BCUT2D eigenvalue weighted by Gasteiger charge is -2.25. The minimum atomic E-state index is -0.978. The Kier molecular flexibility index (Phi) is 6.15. The lowest BCUT2D eigenvalue weighted by molar-refractivity contribution is -0.132. The fourth-order valence-corrected chi connectivity index (χ4v) is 4.43. The third-order valence-electron chi connectivity index (χ3n) is 5.49. The Morgan fingerprint density at radius 2 is 1.82 bits per heavy atom. The van der Waals surface area contributed by atoms with Crippen LogP contribution in [0.25, 0.3) is 5.76 Å². The van der Waals surface area contributed by atoms with Gasteiger partial charge in [0.15, 0.2) is 0 Å². The monoisotopic (exact) mass is 482 g/mol. The first-order valence-corrected chi connectivity index (χ1v) is 10.8. The Hall–Kier alpha value is -3.35. The zero-order chi connectivity index (χ0) is 23.9. The van der Waals surface area contributed by atoms with Crippen LogP contribution in [0.1, 0.15) is 28.4 Å². The van der Waals surface area contributed by atoms with Crippen LogP contribution >= 0.6 is 23.2 Å². The first-order chi connectivity index (χ1) is 15.7. The van der Waals surface area contributed by atoms with Crippen LogP contribution in [-0.2, 0) is 9.59 Å². The highest BCUT2D eigenvalue weighted by atomic mass is 35.5. The van der Waals surface area contributed by atoms with Gasteiger partial charge in [0.25, 0.3) is 11.7 Å². The van der Waals surface area contributed by atoms with Crippen LogP contribution in [-0.4, -0.2) is 28.9 Å². The first kappa shape index (κ1) is 22.8. The second-order valence-electron chi connectivity index (χ2n) is 7.68. The van der Waals surface area contributed by atoms with Gasteiger partial charge in [-0.05, 0) is 61.4 Å². The van der Waals surface area contributed by atoms with E-state index in [2.05, 4.69) is 4.98 Å². The van der Waals surface area contributed by atoms with Crippen molar-refractivity contribution in [3.63, 3.8) is 0 Å². The number of ketones is 1. The molecule has 4 rings (SSSR count). The van der Waals surface area contributed by atoms with Crippen molar-refractivity contribution in [1.29, 1.82) is 0 Å². The number of aryl methyl sites for hydroxylation is 2. The molecular formula is C25H20Cl2N2O4. The molecule has 1 atom stereocenters. The van der Waals surface area contributed by atoms with Crippen molar-refractivity contribution >= 4 is 46.3 Å². The SMILES string of the molecule is COc1c(Cl)cc(C)cc1/C(O)=C1\C(=O)C(=O)N(c2ccc(C)c(Cl)c2)C1c1ccccn1. The van der Waals surface area contributed by atoms with Gasteiger partial charge in [0.2, 0.25) is 0 Å². The summed E-state index contributed by atoms with van der Waals surface area (Å²) in [7, 11) is 1.41. The number of benzene rings is 2. The summed E-state index contributed by atoms with van der Waals surface area (Å²) in [5, 5.41) is 12.1. The highest BCUT2D eigenvalue weighted by Gasteiger charge is 2.48. The highest BCUT2D eigenvalue weighted by Crippen LogP contribution is 2.44. The maximum absolute atomic E-state index is 13.3. The number of halogens is 2. The van der Waals surface area contributed by atoms with E-state index >= 15 is 0 Å². The predicted octanol–water partition coefficient (Wildman–Crippen LogP) is 5.64. The van der Waals surface area contributed by atoms with Crippen molar-refractivity contribution in [1.82, 2.24) is 4.98 Å². The molecule has 3 aromatic rings. The molecule has 1 aromatic heterocycles. The maximum atomic E-state index is 13.3. The number of carbonyl (C=O) groups excluding carboxylic acids is 2. The first-order valence-electron chi connectivity index (χ1n) is 10.1. The van der Waals surface area contributed by atoms with Gasteiger partial charge in [0.1, 0.15) is 17.6 Å². The van der Waals surface area contributed by atoms with Gasteiger partial charge < -0.3 is 9.84 Å². The zero-order valence-corrected chi connectivity index (χ0v) is 19.6. The highest BCUT2D eigenvalue weighted by molar-refractivity contribution is 6.52. The molecule has 8 heteroatoms. The Labute approximate surface area is 201 Å². The molecule has 2 aromatic carbocycles. The summed E-state index contributed by atoms with van der Waals surface area (Å²) < 4.78 is 5.39. The van der Waals surface area contributed by atoms with Crippen LogP contribution in [0.4, 0.5) is 5.69 Å². The minimum absolute atomic E-state index is 0.115. The summed E-state index contributed by atoms with van der Waals surface area (Å²) in [6.45, 7) is 3.63. The van der Waals surface area contributed by atoms with Gasteiger partial charge in [-0.15, -0.1) is 0 Å². The number of aliphatic hydroxyl groups is 1. The van der Waals surface area contributed by atoms with Gasteiger partial charge in [0.05, 0.1) is 29.0 Å². The van der Waals surface area contributed by atoms with Crippen LogP contribution in [0.3, 0.4) is 0 Å². The van der Waals surface area contributed by atoms with E-state index in [0.717, 1.165) is 11.1 Å². The number of anilines is 1. The Morgan fingerprint density at radius 3 is 2.45 bits per heavy atom. The Balaban J connectivity index is 2.00. The number of nitrogens with zero attached hydrogens (tertiary/aromatic N) is 2. The summed E-state index contributed by atoms with van der Waals surface area (Å²) in [6, 6.07) is 12.6. The third kappa shape index (κ3) is 3.96. The summed E-state index contributed by atoms with van der Waals surface area (Å²) in [6.07, 6.45) is 1.56. The molecule has 1 aliphatic rings. The number of carbonyl (C=O) groups is 2. The molecule has 0 spiro atoms. The number of hydrogen-bond acceptors (Lipinski definition) is 5. The molecule has 168 valence electrons. The van der Waals surface area contributed by atoms with E-state index in [1.165, 1.54) is 12.0 Å².